The summed E-state index contributed by atoms with van der Waals surface area (Å²) in [6.45, 7) is 7.19. The molecule has 0 aromatic heterocycles. The van der Waals surface area contributed by atoms with Crippen LogP contribution < -0.4 is 16.0 Å². The third-order valence-corrected chi connectivity index (χ3v) is 4.91. The highest BCUT2D eigenvalue weighted by Crippen LogP contribution is 2.29. The fraction of sp³-hybridized carbons (Fsp3) is 0.667. The molecule has 3 N–H and O–H groups in total. The summed E-state index contributed by atoms with van der Waals surface area (Å²) >= 11 is 0. The fourth-order valence-electron chi connectivity index (χ4n) is 2.99. The second kappa shape index (κ2) is 11.2. The number of amides is 3. The van der Waals surface area contributed by atoms with Gasteiger partial charge < -0.3 is 30.3 Å². The Morgan fingerprint density at radius 1 is 1.25 bits per heavy atom. The highest BCUT2D eigenvalue weighted by Gasteiger charge is 2.50. The molecule has 2 aliphatic rings. The lowest BCUT2D eigenvalue weighted by molar-refractivity contribution is -0.132. The average molecular weight is 453 g/mol. The summed E-state index contributed by atoms with van der Waals surface area (Å²) in [7, 11) is 1.38. The van der Waals surface area contributed by atoms with Gasteiger partial charge in [-0.25, -0.2) is 0 Å². The number of rotatable bonds is 12. The summed E-state index contributed by atoms with van der Waals surface area (Å²) in [4.78, 5) is 54.8. The molecule has 0 radical (unpaired) electrons. The predicted molar refractivity (Wildman–Crippen MR) is 115 cm³/mol. The molecular weight excluding hydrogens is 420 g/mol. The number of epoxide rings is 1. The number of hydrogen-bond donors (Lipinski definition) is 3. The van der Waals surface area contributed by atoms with Crippen LogP contribution in [0.5, 0.6) is 0 Å². The first kappa shape index (κ1) is 25.5. The Labute approximate surface area is 187 Å². The van der Waals surface area contributed by atoms with Crippen LogP contribution in [0, 0.1) is 5.92 Å². The Kier molecular flexibility index (Phi) is 8.90. The van der Waals surface area contributed by atoms with Gasteiger partial charge in [0.25, 0.3) is 5.91 Å². The average Bonchev–Trinajstić information content (AvgIpc) is 3.49. The number of carbonyl (C=O) groups is 4. The van der Waals surface area contributed by atoms with Gasteiger partial charge >= 0.3 is 0 Å². The van der Waals surface area contributed by atoms with Crippen LogP contribution in [0.15, 0.2) is 17.3 Å². The quantitative estimate of drug-likeness (QED) is 0.337. The Morgan fingerprint density at radius 3 is 2.47 bits per heavy atom. The first-order valence-corrected chi connectivity index (χ1v) is 10.5. The van der Waals surface area contributed by atoms with Gasteiger partial charge in [0.05, 0.1) is 25.8 Å². The van der Waals surface area contributed by atoms with E-state index in [4.69, 9.17) is 14.3 Å². The van der Waals surface area contributed by atoms with Crippen LogP contribution in [0.3, 0.4) is 0 Å². The number of methoxy groups -OCH3 is 1. The van der Waals surface area contributed by atoms with Crippen LogP contribution in [0.2, 0.25) is 0 Å². The molecule has 32 heavy (non-hydrogen) atoms. The van der Waals surface area contributed by atoms with Crippen LogP contribution in [0.1, 0.15) is 34.1 Å². The van der Waals surface area contributed by atoms with Gasteiger partial charge in [0.2, 0.25) is 11.8 Å². The van der Waals surface area contributed by atoms with Crippen molar-refractivity contribution in [2.75, 3.05) is 26.9 Å². The van der Waals surface area contributed by atoms with E-state index in [1.165, 1.54) is 13.2 Å². The summed E-state index contributed by atoms with van der Waals surface area (Å²) in [5.41, 5.74) is -0.845. The monoisotopic (exact) mass is 452 g/mol. The molecule has 11 nitrogen and oxygen atoms in total. The van der Waals surface area contributed by atoms with E-state index >= 15 is 0 Å². The first-order valence-electron chi connectivity index (χ1n) is 10.5. The molecule has 2 aliphatic heterocycles. The molecule has 0 aromatic rings. The van der Waals surface area contributed by atoms with Gasteiger partial charge in [0.1, 0.15) is 17.7 Å². The number of nitrogens with one attached hydrogen (secondary N) is 3. The van der Waals surface area contributed by atoms with E-state index in [-0.39, 0.29) is 36.7 Å². The van der Waals surface area contributed by atoms with E-state index in [0.29, 0.717) is 13.0 Å². The summed E-state index contributed by atoms with van der Waals surface area (Å²) in [6.07, 6.45) is 3.35. The molecule has 0 aromatic carbocycles. The number of oxime groups is 1. The molecule has 0 spiro atoms. The SMILES string of the molecule is COC[C@H](NC(=O)C1=NOC(C)C=C1)C(=O)NCC(=O)NC(CC(C)C)C(=O)C1(C)CO1. The molecule has 3 unspecified atom stereocenters. The minimum absolute atomic E-state index is 0.0144. The molecule has 178 valence electrons. The van der Waals surface area contributed by atoms with E-state index in [2.05, 4.69) is 21.1 Å². The number of ketones is 1. The van der Waals surface area contributed by atoms with E-state index in [0.717, 1.165) is 0 Å². The normalized spacial score (nSPS) is 23.4. The van der Waals surface area contributed by atoms with Gasteiger partial charge in [-0.15, -0.1) is 0 Å². The van der Waals surface area contributed by atoms with Crippen LogP contribution >= 0.6 is 0 Å². The van der Waals surface area contributed by atoms with Gasteiger partial charge in [0.15, 0.2) is 11.5 Å². The summed E-state index contributed by atoms with van der Waals surface area (Å²) < 4.78 is 10.2. The highest BCUT2D eigenvalue weighted by atomic mass is 16.6. The van der Waals surface area contributed by atoms with Crippen molar-refractivity contribution >= 4 is 29.2 Å². The zero-order chi connectivity index (χ0) is 23.9. The number of carbonyl (C=O) groups excluding carboxylic acids is 4. The second-order valence-corrected chi connectivity index (χ2v) is 8.48. The van der Waals surface area contributed by atoms with Crippen molar-refractivity contribution < 1.29 is 33.5 Å². The molecule has 1 saturated heterocycles. The number of hydrogen-bond acceptors (Lipinski definition) is 8. The Morgan fingerprint density at radius 2 is 1.94 bits per heavy atom. The van der Waals surface area contributed by atoms with Crippen LogP contribution in [0.25, 0.3) is 0 Å². The maximum absolute atomic E-state index is 12.6. The molecule has 3 amide bonds. The molecule has 4 atom stereocenters. The topological polar surface area (TPSA) is 148 Å². The summed E-state index contributed by atoms with van der Waals surface area (Å²) in [5, 5.41) is 11.3. The van der Waals surface area contributed by atoms with Gasteiger partial charge in [0, 0.05) is 7.11 Å². The second-order valence-electron chi connectivity index (χ2n) is 8.48. The predicted octanol–water partition coefficient (Wildman–Crippen LogP) is -0.546. The third-order valence-electron chi connectivity index (χ3n) is 4.91. The van der Waals surface area contributed by atoms with E-state index in [1.807, 2.05) is 13.8 Å². The molecule has 11 heteroatoms. The Bertz CT molecular complexity index is 789. The lowest BCUT2D eigenvalue weighted by Crippen LogP contribution is -2.54. The van der Waals surface area contributed by atoms with Crippen molar-refractivity contribution in [2.45, 2.75) is 57.9 Å². The fourth-order valence-corrected chi connectivity index (χ4v) is 2.99. The third kappa shape index (κ3) is 7.41. The Hall–Kier alpha value is -2.79. The van der Waals surface area contributed by atoms with Crippen molar-refractivity contribution in [3.8, 4) is 0 Å². The first-order chi connectivity index (χ1) is 15.1. The minimum Gasteiger partial charge on any atom is -0.388 e. The summed E-state index contributed by atoms with van der Waals surface area (Å²) in [6, 6.07) is -1.76. The van der Waals surface area contributed by atoms with Gasteiger partial charge in [-0.3, -0.25) is 19.2 Å². The molecule has 0 aliphatic carbocycles. The highest BCUT2D eigenvalue weighted by molar-refractivity contribution is 6.43. The molecule has 2 rings (SSSR count). The maximum Gasteiger partial charge on any atom is 0.274 e. The van der Waals surface area contributed by atoms with Gasteiger partial charge in [-0.1, -0.05) is 19.0 Å². The van der Waals surface area contributed by atoms with E-state index in [9.17, 15) is 19.2 Å². The van der Waals surface area contributed by atoms with Crippen molar-refractivity contribution in [3.05, 3.63) is 12.2 Å². The summed E-state index contributed by atoms with van der Waals surface area (Å²) in [5.74, 6) is -1.77. The number of ether oxygens (including phenoxy) is 2. The van der Waals surface area contributed by atoms with E-state index < -0.39 is 35.4 Å². The van der Waals surface area contributed by atoms with Crippen molar-refractivity contribution in [1.29, 1.82) is 0 Å². The van der Waals surface area contributed by atoms with Crippen molar-refractivity contribution in [2.24, 2.45) is 11.1 Å². The minimum atomic E-state index is -1.05. The van der Waals surface area contributed by atoms with E-state index in [1.54, 1.807) is 19.9 Å². The molecular formula is C21H32N4O7. The maximum atomic E-state index is 12.6. The van der Waals surface area contributed by atoms with Crippen LogP contribution in [-0.4, -0.2) is 79.9 Å². The van der Waals surface area contributed by atoms with Crippen LogP contribution in [0.4, 0.5) is 0 Å². The molecule has 0 bridgehead atoms. The van der Waals surface area contributed by atoms with Crippen molar-refractivity contribution in [1.82, 2.24) is 16.0 Å². The number of nitrogens with zero attached hydrogens (tertiary/aromatic N) is 1. The Balaban J connectivity index is 1.89. The molecule has 0 saturated carbocycles. The largest absolute Gasteiger partial charge is 0.388 e. The zero-order valence-electron chi connectivity index (χ0n) is 19.1. The van der Waals surface area contributed by atoms with Gasteiger partial charge in [-0.05, 0) is 38.3 Å². The lowest BCUT2D eigenvalue weighted by atomic mass is 9.93. The van der Waals surface area contributed by atoms with Crippen LogP contribution in [-0.2, 0) is 33.5 Å². The van der Waals surface area contributed by atoms with Crippen molar-refractivity contribution in [3.63, 3.8) is 0 Å². The lowest BCUT2D eigenvalue weighted by Gasteiger charge is -2.22. The zero-order valence-corrected chi connectivity index (χ0v) is 19.1. The molecule has 1 fully saturated rings. The smallest absolute Gasteiger partial charge is 0.274 e. The van der Waals surface area contributed by atoms with Gasteiger partial charge in [-0.2, -0.15) is 0 Å². The number of Topliss-reactive ketones (excluding diaryl/α,β-unsaturated/α-hetero) is 1. The molecule has 2 heterocycles. The standard InChI is InChI=1S/C21H32N4O7/c1-12(2)8-15(18(27)21(4)11-31-21)23-17(26)9-22-19(28)16(10-30-5)24-20(29)14-7-6-13(3)32-25-14/h6-7,12-13,15-16H,8-11H2,1-5H3,(H,22,28)(H,23,26)(H,24,29)/t13?,15?,16-,21?/m0/s1.